The van der Waals surface area contributed by atoms with Crippen LogP contribution in [0.2, 0.25) is 0 Å². The Morgan fingerprint density at radius 2 is 1.83 bits per heavy atom. The smallest absolute Gasteiger partial charge is 0.234 e. The first kappa shape index (κ1) is 19.7. The highest BCUT2D eigenvalue weighted by Crippen LogP contribution is 2.23. The van der Waals surface area contributed by atoms with Crippen LogP contribution >= 0.6 is 0 Å². The number of methoxy groups -OCH3 is 1. The second kappa shape index (κ2) is 11.1. The summed E-state index contributed by atoms with van der Waals surface area (Å²) in [4.78, 5) is 17.1. The molecule has 0 aromatic heterocycles. The normalized spacial score (nSPS) is 26.4. The van der Waals surface area contributed by atoms with Gasteiger partial charge in [-0.3, -0.25) is 9.69 Å². The summed E-state index contributed by atoms with van der Waals surface area (Å²) in [5, 5.41) is 3.26. The molecule has 0 radical (unpaired) electrons. The summed E-state index contributed by atoms with van der Waals surface area (Å²) in [6, 6.07) is 0.412. The van der Waals surface area contributed by atoms with Crippen molar-refractivity contribution in [2.75, 3.05) is 53.0 Å². The molecule has 1 aliphatic heterocycles. The summed E-state index contributed by atoms with van der Waals surface area (Å²) < 4.78 is 5.09. The lowest BCUT2D eigenvalue weighted by Crippen LogP contribution is -2.50. The Labute approximate surface area is 148 Å². The van der Waals surface area contributed by atoms with Gasteiger partial charge in [-0.2, -0.15) is 0 Å². The minimum atomic E-state index is 0.224. The number of carbonyl (C=O) groups is 1. The van der Waals surface area contributed by atoms with E-state index in [0.717, 1.165) is 58.0 Å². The molecule has 1 saturated heterocycles. The van der Waals surface area contributed by atoms with Crippen LogP contribution in [0.1, 0.15) is 51.9 Å². The van der Waals surface area contributed by atoms with Gasteiger partial charge in [0, 0.05) is 45.9 Å². The zero-order valence-electron chi connectivity index (χ0n) is 15.8. The summed E-state index contributed by atoms with van der Waals surface area (Å²) in [6.45, 7) is 9.17. The zero-order chi connectivity index (χ0) is 17.2. The van der Waals surface area contributed by atoms with Gasteiger partial charge in [0.05, 0.1) is 6.54 Å². The molecular formula is C19H37N3O2. The van der Waals surface area contributed by atoms with E-state index in [1.807, 2.05) is 0 Å². The number of hydrogen-bond acceptors (Lipinski definition) is 4. The number of amides is 1. The molecule has 2 fully saturated rings. The topological polar surface area (TPSA) is 44.8 Å². The zero-order valence-corrected chi connectivity index (χ0v) is 15.8. The predicted molar refractivity (Wildman–Crippen MR) is 98.2 cm³/mol. The third-order valence-electron chi connectivity index (χ3n) is 5.46. The molecule has 1 heterocycles. The van der Waals surface area contributed by atoms with Crippen LogP contribution in [-0.2, 0) is 9.53 Å². The van der Waals surface area contributed by atoms with Crippen molar-refractivity contribution >= 4 is 5.91 Å². The molecule has 0 spiro atoms. The lowest BCUT2D eigenvalue weighted by atomic mass is 9.87. The van der Waals surface area contributed by atoms with Gasteiger partial charge in [-0.1, -0.05) is 19.8 Å². The Hall–Kier alpha value is -0.650. The first-order valence-corrected chi connectivity index (χ1v) is 9.90. The second-order valence-corrected chi connectivity index (χ2v) is 7.71. The Balaban J connectivity index is 1.54. The molecule has 0 aromatic carbocycles. The Bertz CT molecular complexity index is 357. The number of ether oxygens (including phenoxy) is 1. The highest BCUT2D eigenvalue weighted by Gasteiger charge is 2.22. The van der Waals surface area contributed by atoms with Gasteiger partial charge in [-0.25, -0.2) is 0 Å². The fourth-order valence-electron chi connectivity index (χ4n) is 3.97. The van der Waals surface area contributed by atoms with E-state index >= 15 is 0 Å². The monoisotopic (exact) mass is 339 g/mol. The number of hydrogen-bond donors (Lipinski definition) is 1. The largest absolute Gasteiger partial charge is 0.385 e. The number of unbranched alkanes of at least 4 members (excludes halogenated alkanes) is 2. The minimum Gasteiger partial charge on any atom is -0.385 e. The van der Waals surface area contributed by atoms with E-state index in [2.05, 4.69) is 22.0 Å². The third-order valence-corrected chi connectivity index (χ3v) is 5.46. The molecule has 1 N–H and O–H groups in total. The maximum Gasteiger partial charge on any atom is 0.234 e. The molecule has 1 amide bonds. The first-order chi connectivity index (χ1) is 11.7. The quantitative estimate of drug-likeness (QED) is 0.654. The van der Waals surface area contributed by atoms with Gasteiger partial charge < -0.3 is 15.0 Å². The van der Waals surface area contributed by atoms with E-state index < -0.39 is 0 Å². The third kappa shape index (κ3) is 7.49. The molecule has 2 rings (SSSR count). The minimum absolute atomic E-state index is 0.224. The van der Waals surface area contributed by atoms with Crippen molar-refractivity contribution < 1.29 is 9.53 Å². The summed E-state index contributed by atoms with van der Waals surface area (Å²) in [5.74, 6) is 0.985. The van der Waals surface area contributed by atoms with Gasteiger partial charge in [0.25, 0.3) is 0 Å². The van der Waals surface area contributed by atoms with E-state index in [1.165, 1.54) is 32.2 Å². The van der Waals surface area contributed by atoms with Crippen LogP contribution in [-0.4, -0.2) is 74.7 Å². The highest BCUT2D eigenvalue weighted by atomic mass is 16.5. The SMILES string of the molecule is COCCCCCN1CCN(CC(=O)NC2CCCC(C)C2)CC1. The van der Waals surface area contributed by atoms with Crippen molar-refractivity contribution in [3.63, 3.8) is 0 Å². The lowest BCUT2D eigenvalue weighted by molar-refractivity contribution is -0.123. The van der Waals surface area contributed by atoms with Gasteiger partial charge >= 0.3 is 0 Å². The van der Waals surface area contributed by atoms with Crippen molar-refractivity contribution in [2.45, 2.75) is 57.9 Å². The van der Waals surface area contributed by atoms with Crippen LogP contribution < -0.4 is 5.32 Å². The van der Waals surface area contributed by atoms with E-state index in [1.54, 1.807) is 7.11 Å². The molecular weight excluding hydrogens is 302 g/mol. The number of nitrogens with one attached hydrogen (secondary N) is 1. The molecule has 2 atom stereocenters. The van der Waals surface area contributed by atoms with Gasteiger partial charge in [0.1, 0.15) is 0 Å². The molecule has 5 nitrogen and oxygen atoms in total. The molecule has 5 heteroatoms. The van der Waals surface area contributed by atoms with Crippen LogP contribution in [0.25, 0.3) is 0 Å². The Morgan fingerprint density at radius 1 is 1.08 bits per heavy atom. The fraction of sp³-hybridized carbons (Fsp3) is 0.947. The number of nitrogens with zero attached hydrogens (tertiary/aromatic N) is 2. The van der Waals surface area contributed by atoms with Gasteiger partial charge in [-0.05, 0) is 44.6 Å². The van der Waals surface area contributed by atoms with Crippen molar-refractivity contribution in [3.8, 4) is 0 Å². The Morgan fingerprint density at radius 3 is 2.54 bits per heavy atom. The van der Waals surface area contributed by atoms with Crippen molar-refractivity contribution in [1.82, 2.24) is 15.1 Å². The fourth-order valence-corrected chi connectivity index (χ4v) is 3.97. The second-order valence-electron chi connectivity index (χ2n) is 7.71. The predicted octanol–water partition coefficient (Wildman–Crippen LogP) is 2.12. The van der Waals surface area contributed by atoms with Gasteiger partial charge in [0.2, 0.25) is 5.91 Å². The van der Waals surface area contributed by atoms with Crippen LogP contribution in [0.5, 0.6) is 0 Å². The van der Waals surface area contributed by atoms with Gasteiger partial charge in [0.15, 0.2) is 0 Å². The molecule has 2 unspecified atom stereocenters. The molecule has 0 bridgehead atoms. The van der Waals surface area contributed by atoms with Crippen molar-refractivity contribution in [1.29, 1.82) is 0 Å². The van der Waals surface area contributed by atoms with Crippen LogP contribution in [0.15, 0.2) is 0 Å². The maximum atomic E-state index is 12.3. The van der Waals surface area contributed by atoms with Crippen LogP contribution in [0.4, 0.5) is 0 Å². The van der Waals surface area contributed by atoms with E-state index in [0.29, 0.717) is 12.6 Å². The standard InChI is InChI=1S/C19H37N3O2/c1-17-7-6-8-18(15-17)20-19(23)16-22-12-10-21(11-13-22)9-4-3-5-14-24-2/h17-18H,3-16H2,1-2H3,(H,20,23). The molecule has 1 aliphatic carbocycles. The average Bonchev–Trinajstić information content (AvgIpc) is 2.56. The summed E-state index contributed by atoms with van der Waals surface area (Å²) in [5.41, 5.74) is 0. The van der Waals surface area contributed by atoms with E-state index in [9.17, 15) is 4.79 Å². The Kier molecular flexibility index (Phi) is 9.07. The van der Waals surface area contributed by atoms with E-state index in [-0.39, 0.29) is 5.91 Å². The average molecular weight is 340 g/mol. The number of piperazine rings is 1. The lowest BCUT2D eigenvalue weighted by Gasteiger charge is -2.35. The van der Waals surface area contributed by atoms with E-state index in [4.69, 9.17) is 4.74 Å². The van der Waals surface area contributed by atoms with Crippen LogP contribution in [0, 0.1) is 5.92 Å². The summed E-state index contributed by atoms with van der Waals surface area (Å²) >= 11 is 0. The molecule has 0 aromatic rings. The maximum absolute atomic E-state index is 12.3. The summed E-state index contributed by atoms with van der Waals surface area (Å²) in [6.07, 6.45) is 8.56. The van der Waals surface area contributed by atoms with Gasteiger partial charge in [-0.15, -0.1) is 0 Å². The summed E-state index contributed by atoms with van der Waals surface area (Å²) in [7, 11) is 1.77. The number of carbonyl (C=O) groups excluding carboxylic acids is 1. The molecule has 24 heavy (non-hydrogen) atoms. The molecule has 140 valence electrons. The number of rotatable bonds is 9. The van der Waals surface area contributed by atoms with Crippen molar-refractivity contribution in [3.05, 3.63) is 0 Å². The van der Waals surface area contributed by atoms with Crippen LogP contribution in [0.3, 0.4) is 0 Å². The highest BCUT2D eigenvalue weighted by molar-refractivity contribution is 5.78. The molecule has 2 aliphatic rings. The first-order valence-electron chi connectivity index (χ1n) is 9.90. The van der Waals surface area contributed by atoms with Crippen molar-refractivity contribution in [2.24, 2.45) is 5.92 Å². The molecule has 1 saturated carbocycles.